The van der Waals surface area contributed by atoms with Crippen LogP contribution in [-0.2, 0) is 6.18 Å². The molecular formula is C13H14Br2F3NO. The molecule has 112 valence electrons. The molecule has 0 spiro atoms. The Balaban J connectivity index is 2.88. The van der Waals surface area contributed by atoms with Gasteiger partial charge in [0, 0.05) is 16.3 Å². The van der Waals surface area contributed by atoms with Gasteiger partial charge >= 0.3 is 6.18 Å². The van der Waals surface area contributed by atoms with Crippen molar-refractivity contribution in [1.82, 2.24) is 5.32 Å². The Kier molecular flexibility index (Phi) is 6.51. The van der Waals surface area contributed by atoms with E-state index in [1.807, 2.05) is 6.92 Å². The first-order chi connectivity index (χ1) is 9.25. The highest BCUT2D eigenvalue weighted by molar-refractivity contribution is 9.10. The van der Waals surface area contributed by atoms with Crippen molar-refractivity contribution in [1.29, 1.82) is 0 Å². The largest absolute Gasteiger partial charge is 0.417 e. The Morgan fingerprint density at radius 1 is 1.40 bits per heavy atom. The van der Waals surface area contributed by atoms with Crippen LogP contribution >= 0.6 is 31.9 Å². The van der Waals surface area contributed by atoms with Gasteiger partial charge in [0.2, 0.25) is 0 Å². The molecule has 20 heavy (non-hydrogen) atoms. The molecule has 0 fully saturated rings. The van der Waals surface area contributed by atoms with Crippen LogP contribution in [0.3, 0.4) is 0 Å². The fraction of sp³-hybridized carbons (Fsp3) is 0.462. The van der Waals surface area contributed by atoms with Crippen molar-refractivity contribution in [3.63, 3.8) is 0 Å². The SMILES string of the molecule is CC(CCBr)CNC(=O)c1ccc(Br)cc1C(F)(F)F. The molecule has 1 unspecified atom stereocenters. The van der Waals surface area contributed by atoms with Crippen LogP contribution in [0.5, 0.6) is 0 Å². The van der Waals surface area contributed by atoms with Gasteiger partial charge in [-0.1, -0.05) is 38.8 Å². The van der Waals surface area contributed by atoms with Crippen LogP contribution in [0, 0.1) is 5.92 Å². The second-order valence-electron chi connectivity index (χ2n) is 4.48. The Morgan fingerprint density at radius 2 is 2.05 bits per heavy atom. The summed E-state index contributed by atoms with van der Waals surface area (Å²) in [5.74, 6) is -0.505. The van der Waals surface area contributed by atoms with E-state index in [0.717, 1.165) is 17.8 Å². The molecule has 0 bridgehead atoms. The lowest BCUT2D eigenvalue weighted by atomic mass is 10.1. The lowest BCUT2D eigenvalue weighted by molar-refractivity contribution is -0.138. The van der Waals surface area contributed by atoms with Gasteiger partial charge in [0.15, 0.2) is 0 Å². The van der Waals surface area contributed by atoms with E-state index in [-0.39, 0.29) is 16.0 Å². The van der Waals surface area contributed by atoms with Crippen molar-refractivity contribution in [2.75, 3.05) is 11.9 Å². The summed E-state index contributed by atoms with van der Waals surface area (Å²) in [5, 5.41) is 3.33. The smallest absolute Gasteiger partial charge is 0.352 e. The second-order valence-corrected chi connectivity index (χ2v) is 6.19. The van der Waals surface area contributed by atoms with E-state index in [4.69, 9.17) is 0 Å². The maximum atomic E-state index is 12.9. The van der Waals surface area contributed by atoms with E-state index >= 15 is 0 Å². The minimum atomic E-state index is -4.56. The summed E-state index contributed by atoms with van der Waals surface area (Å²) in [6.07, 6.45) is -3.72. The summed E-state index contributed by atoms with van der Waals surface area (Å²) in [5.41, 5.74) is -1.29. The summed E-state index contributed by atoms with van der Waals surface area (Å²) in [6.45, 7) is 2.27. The lowest BCUT2D eigenvalue weighted by Crippen LogP contribution is -2.30. The molecule has 1 aromatic rings. The molecule has 0 aliphatic heterocycles. The van der Waals surface area contributed by atoms with Gasteiger partial charge in [-0.05, 0) is 30.5 Å². The number of carbonyl (C=O) groups excluding carboxylic acids is 1. The lowest BCUT2D eigenvalue weighted by Gasteiger charge is -2.15. The van der Waals surface area contributed by atoms with Gasteiger partial charge in [-0.25, -0.2) is 0 Å². The first-order valence-electron chi connectivity index (χ1n) is 5.96. The predicted octanol–water partition coefficient (Wildman–Crippen LogP) is 4.62. The van der Waals surface area contributed by atoms with Crippen molar-refractivity contribution >= 4 is 37.8 Å². The number of hydrogen-bond donors (Lipinski definition) is 1. The minimum Gasteiger partial charge on any atom is -0.352 e. The summed E-state index contributed by atoms with van der Waals surface area (Å²) in [6, 6.07) is 3.51. The van der Waals surface area contributed by atoms with Crippen LogP contribution in [0.1, 0.15) is 29.3 Å². The number of benzene rings is 1. The number of amides is 1. The predicted molar refractivity (Wildman–Crippen MR) is 79.1 cm³/mol. The topological polar surface area (TPSA) is 29.1 Å². The summed E-state index contributed by atoms with van der Waals surface area (Å²) < 4.78 is 39.0. The zero-order chi connectivity index (χ0) is 15.3. The van der Waals surface area contributed by atoms with E-state index in [1.54, 1.807) is 0 Å². The number of halogens is 5. The second kappa shape index (κ2) is 7.45. The molecule has 0 radical (unpaired) electrons. The summed E-state index contributed by atoms with van der Waals surface area (Å²) >= 11 is 6.26. The van der Waals surface area contributed by atoms with Gasteiger partial charge in [0.1, 0.15) is 0 Å². The van der Waals surface area contributed by atoms with Gasteiger partial charge in [-0.3, -0.25) is 4.79 Å². The van der Waals surface area contributed by atoms with Crippen molar-refractivity contribution in [3.05, 3.63) is 33.8 Å². The van der Waals surface area contributed by atoms with E-state index in [1.165, 1.54) is 12.1 Å². The average Bonchev–Trinajstić information content (AvgIpc) is 2.35. The number of alkyl halides is 4. The molecule has 7 heteroatoms. The van der Waals surface area contributed by atoms with Gasteiger partial charge < -0.3 is 5.32 Å². The molecule has 1 rings (SSSR count). The molecule has 0 aliphatic rings. The normalized spacial score (nSPS) is 13.1. The number of rotatable bonds is 5. The monoisotopic (exact) mass is 415 g/mol. The maximum absolute atomic E-state index is 12.9. The maximum Gasteiger partial charge on any atom is 0.417 e. The van der Waals surface area contributed by atoms with Crippen molar-refractivity contribution < 1.29 is 18.0 Å². The summed E-state index contributed by atoms with van der Waals surface area (Å²) in [7, 11) is 0. The third-order valence-electron chi connectivity index (χ3n) is 2.74. The van der Waals surface area contributed by atoms with E-state index in [2.05, 4.69) is 37.2 Å². The van der Waals surface area contributed by atoms with Crippen LogP contribution in [0.15, 0.2) is 22.7 Å². The molecule has 0 saturated heterocycles. The number of nitrogens with one attached hydrogen (secondary N) is 1. The zero-order valence-corrected chi connectivity index (χ0v) is 13.9. The highest BCUT2D eigenvalue weighted by atomic mass is 79.9. The fourth-order valence-corrected chi connectivity index (χ4v) is 2.74. The van der Waals surface area contributed by atoms with Crippen LogP contribution in [0.4, 0.5) is 13.2 Å². The van der Waals surface area contributed by atoms with Crippen LogP contribution in [-0.4, -0.2) is 17.8 Å². The molecule has 0 saturated carbocycles. The van der Waals surface area contributed by atoms with Gasteiger partial charge in [-0.15, -0.1) is 0 Å². The first-order valence-corrected chi connectivity index (χ1v) is 7.88. The molecule has 0 aliphatic carbocycles. The Morgan fingerprint density at radius 3 is 2.60 bits per heavy atom. The van der Waals surface area contributed by atoms with E-state index in [0.29, 0.717) is 6.54 Å². The quantitative estimate of drug-likeness (QED) is 0.697. The Hall–Kier alpha value is -0.560. The first kappa shape index (κ1) is 17.5. The highest BCUT2D eigenvalue weighted by Gasteiger charge is 2.35. The minimum absolute atomic E-state index is 0.197. The molecule has 1 amide bonds. The summed E-state index contributed by atoms with van der Waals surface area (Å²) in [4.78, 5) is 11.9. The van der Waals surface area contributed by atoms with Gasteiger partial charge in [0.25, 0.3) is 5.91 Å². The third kappa shape index (κ3) is 5.09. The van der Waals surface area contributed by atoms with Crippen molar-refractivity contribution in [2.24, 2.45) is 5.92 Å². The fourth-order valence-electron chi connectivity index (χ4n) is 1.60. The average molecular weight is 417 g/mol. The molecule has 1 atom stereocenters. The van der Waals surface area contributed by atoms with Crippen LogP contribution in [0.2, 0.25) is 0 Å². The van der Waals surface area contributed by atoms with Gasteiger partial charge in [-0.2, -0.15) is 13.2 Å². The molecule has 0 aromatic heterocycles. The van der Waals surface area contributed by atoms with E-state index in [9.17, 15) is 18.0 Å². The van der Waals surface area contributed by atoms with Crippen LogP contribution < -0.4 is 5.32 Å². The van der Waals surface area contributed by atoms with Gasteiger partial charge in [0.05, 0.1) is 11.1 Å². The van der Waals surface area contributed by atoms with Crippen molar-refractivity contribution in [3.8, 4) is 0 Å². The Labute approximate surface area is 132 Å². The molecule has 2 nitrogen and oxygen atoms in total. The number of carbonyl (C=O) groups is 1. The van der Waals surface area contributed by atoms with Crippen LogP contribution in [0.25, 0.3) is 0 Å². The standard InChI is InChI=1S/C13H14Br2F3NO/c1-8(4-5-14)7-19-12(20)10-3-2-9(15)6-11(10)13(16,17)18/h2-3,6,8H,4-5,7H2,1H3,(H,19,20). The van der Waals surface area contributed by atoms with E-state index < -0.39 is 17.6 Å². The molecular weight excluding hydrogens is 403 g/mol. The molecule has 0 heterocycles. The zero-order valence-electron chi connectivity index (χ0n) is 10.7. The highest BCUT2D eigenvalue weighted by Crippen LogP contribution is 2.33. The molecule has 1 N–H and O–H groups in total. The Bertz CT molecular complexity index is 477. The number of hydrogen-bond acceptors (Lipinski definition) is 1. The van der Waals surface area contributed by atoms with Crippen molar-refractivity contribution in [2.45, 2.75) is 19.5 Å². The third-order valence-corrected chi connectivity index (χ3v) is 3.70. The molecule has 1 aromatic carbocycles.